The molecule has 0 heterocycles. The first-order valence-electron chi connectivity index (χ1n) is 4.53. The minimum atomic E-state index is -4.99. The molecule has 0 bridgehead atoms. The summed E-state index contributed by atoms with van der Waals surface area (Å²) in [5.74, 6) is 0. The van der Waals surface area contributed by atoms with Gasteiger partial charge in [0.2, 0.25) is 0 Å². The normalized spacial score (nSPS) is 11.9. The van der Waals surface area contributed by atoms with Crippen LogP contribution < -0.4 is 5.73 Å². The predicted octanol–water partition coefficient (Wildman–Crippen LogP) is 2.80. The number of hydrogen-bond acceptors (Lipinski definition) is 4. The van der Waals surface area contributed by atoms with Crippen molar-refractivity contribution in [2.45, 2.75) is 45.6 Å². The van der Waals surface area contributed by atoms with Gasteiger partial charge < -0.3 is 5.73 Å². The maximum Gasteiger partial charge on any atom is 0.534 e. The summed E-state index contributed by atoms with van der Waals surface area (Å²) in [6, 6.07) is 0. The highest BCUT2D eigenvalue weighted by Crippen LogP contribution is 2.43. The Morgan fingerprint density at radius 2 is 1.47 bits per heavy atom. The van der Waals surface area contributed by atoms with Gasteiger partial charge >= 0.3 is 7.82 Å². The second-order valence-corrected chi connectivity index (χ2v) is 4.24. The number of nitrogens with two attached hydrogens (primary N) is 1. The third-order valence-corrected chi connectivity index (χ3v) is 2.64. The summed E-state index contributed by atoms with van der Waals surface area (Å²) in [7, 11) is -4.99. The molecule has 3 N–H and O–H groups in total. The Hall–Kier alpha value is -0.0700. The van der Waals surface area contributed by atoms with Gasteiger partial charge in [0.25, 0.3) is 0 Å². The molecule has 0 saturated heterocycles. The fourth-order valence-electron chi connectivity index (χ4n) is 0.761. The second kappa shape index (κ2) is 8.13. The summed E-state index contributed by atoms with van der Waals surface area (Å²) in [4.78, 5) is 7.49. The van der Waals surface area contributed by atoms with Gasteiger partial charge in [0.15, 0.2) is 0 Å². The van der Waals surface area contributed by atoms with E-state index in [4.69, 9.17) is 10.6 Å². The Morgan fingerprint density at radius 3 is 1.47 bits per heavy atom. The van der Waals surface area contributed by atoms with E-state index in [1.807, 2.05) is 0 Å². The van der Waals surface area contributed by atoms with Crippen LogP contribution >= 0.6 is 7.82 Å². The van der Waals surface area contributed by atoms with Crippen LogP contribution in [-0.2, 0) is 14.0 Å². The molecule has 0 fully saturated rings. The average Bonchev–Trinajstić information content (AvgIpc) is 2.29. The van der Waals surface area contributed by atoms with Crippen molar-refractivity contribution in [2.24, 2.45) is 5.73 Å². The Kier molecular flexibility index (Phi) is 9.39. The van der Waals surface area contributed by atoms with Gasteiger partial charge in [0.1, 0.15) is 0 Å². The van der Waals surface area contributed by atoms with Gasteiger partial charge in [0.05, 0.1) is 0 Å². The van der Waals surface area contributed by atoms with Crippen molar-refractivity contribution < 1.29 is 28.0 Å². The minimum Gasteiger partial charge on any atom is -0.325 e. The molecular weight excluding hydrogens is 231 g/mol. The molecule has 94 valence electrons. The zero-order valence-corrected chi connectivity index (χ0v) is 9.97. The van der Waals surface area contributed by atoms with Crippen LogP contribution in [0.25, 0.3) is 0 Å². The van der Waals surface area contributed by atoms with Crippen molar-refractivity contribution in [3.63, 3.8) is 0 Å². The molecule has 15 heavy (non-hydrogen) atoms. The molecule has 0 aliphatic heterocycles. The summed E-state index contributed by atoms with van der Waals surface area (Å²) in [5.41, 5.74) is 6.02. The molecule has 0 aromatic heterocycles. The van der Waals surface area contributed by atoms with Crippen LogP contribution in [0.15, 0.2) is 0 Å². The van der Waals surface area contributed by atoms with Gasteiger partial charge in [-0.05, 0) is 28.3 Å². The van der Waals surface area contributed by atoms with E-state index in [9.17, 15) is 13.6 Å². The largest absolute Gasteiger partial charge is 0.534 e. The Morgan fingerprint density at radius 1 is 1.20 bits per heavy atom. The highest BCUT2D eigenvalue weighted by Gasteiger charge is 2.22. The van der Waals surface area contributed by atoms with Crippen molar-refractivity contribution in [3.05, 3.63) is 0 Å². The molecule has 8 heteroatoms. The van der Waals surface area contributed by atoms with Gasteiger partial charge in [-0.3, -0.25) is 4.89 Å². The van der Waals surface area contributed by atoms with E-state index in [0.717, 1.165) is 19.3 Å². The molecule has 0 amide bonds. The fourth-order valence-corrected chi connectivity index (χ4v) is 0.782. The van der Waals surface area contributed by atoms with E-state index in [0.29, 0.717) is 0 Å². The summed E-state index contributed by atoms with van der Waals surface area (Å²) in [6.07, 6.45) is 3.29. The van der Waals surface area contributed by atoms with E-state index >= 15 is 0 Å². The molecule has 0 aromatic carbocycles. The van der Waals surface area contributed by atoms with E-state index < -0.39 is 7.82 Å². The summed E-state index contributed by atoms with van der Waals surface area (Å²) < 4.78 is 34.3. The van der Waals surface area contributed by atoms with Crippen LogP contribution in [0.4, 0.5) is 9.05 Å². The molecule has 0 aliphatic carbocycles. The molecule has 0 unspecified atom stereocenters. The SMILES string of the molecule is CCC(N)(CC)CC.O=P(O)(OF)OF. The molecule has 0 saturated carbocycles. The maximum atomic E-state index is 10.4. The highest BCUT2D eigenvalue weighted by molar-refractivity contribution is 7.47. The van der Waals surface area contributed by atoms with E-state index in [2.05, 4.69) is 30.2 Å². The summed E-state index contributed by atoms with van der Waals surface area (Å²) in [6.45, 7) is 6.44. The lowest BCUT2D eigenvalue weighted by Crippen LogP contribution is -2.37. The van der Waals surface area contributed by atoms with Crippen LogP contribution in [0.2, 0.25) is 0 Å². The Balaban J connectivity index is 0. The van der Waals surface area contributed by atoms with Crippen LogP contribution in [0.3, 0.4) is 0 Å². The number of hydrogen-bond donors (Lipinski definition) is 2. The minimum absolute atomic E-state index is 0.125. The van der Waals surface area contributed by atoms with Crippen molar-refractivity contribution >= 4 is 7.82 Å². The van der Waals surface area contributed by atoms with E-state index in [1.165, 1.54) is 0 Å². The lowest BCUT2D eigenvalue weighted by molar-refractivity contribution is -0.110. The second-order valence-electron chi connectivity index (χ2n) is 3.03. The molecule has 0 aliphatic rings. The zero-order valence-electron chi connectivity index (χ0n) is 9.07. The Bertz CT molecular complexity index is 185. The topological polar surface area (TPSA) is 81.8 Å². The van der Waals surface area contributed by atoms with E-state index in [1.54, 1.807) is 0 Å². The highest BCUT2D eigenvalue weighted by atomic mass is 31.2. The lowest BCUT2D eigenvalue weighted by Gasteiger charge is -2.23. The molecule has 0 spiro atoms. The third-order valence-electron chi connectivity index (χ3n) is 2.29. The molecule has 0 rings (SSSR count). The summed E-state index contributed by atoms with van der Waals surface area (Å²) >= 11 is 0. The smallest absolute Gasteiger partial charge is 0.325 e. The van der Waals surface area contributed by atoms with Crippen molar-refractivity contribution in [3.8, 4) is 0 Å². The zero-order chi connectivity index (χ0) is 12.5. The lowest BCUT2D eigenvalue weighted by atomic mass is 9.92. The number of halogens is 2. The molecule has 5 nitrogen and oxygen atoms in total. The van der Waals surface area contributed by atoms with Gasteiger partial charge in [-0.1, -0.05) is 30.2 Å². The summed E-state index contributed by atoms with van der Waals surface area (Å²) in [5, 5.41) is 0. The molecule has 0 radical (unpaired) electrons. The van der Waals surface area contributed by atoms with Crippen LogP contribution in [-0.4, -0.2) is 10.4 Å². The Labute approximate surface area is 88.0 Å². The number of phosphoric acid groups is 1. The average molecular weight is 249 g/mol. The first kappa shape index (κ1) is 17.3. The van der Waals surface area contributed by atoms with Gasteiger partial charge in [-0.15, -0.1) is 0 Å². The van der Waals surface area contributed by atoms with Gasteiger partial charge in [-0.25, -0.2) is 4.57 Å². The van der Waals surface area contributed by atoms with Crippen molar-refractivity contribution in [1.29, 1.82) is 0 Å². The molecule has 0 aromatic rings. The standard InChI is InChI=1S/C7H17N.F2HO4P/c1-4-7(8,5-2)6-3;1-5-7(3,4)6-2/h4-6,8H2,1-3H3;(H,3,4). The monoisotopic (exact) mass is 249 g/mol. The fraction of sp³-hybridized carbons (Fsp3) is 1.00. The van der Waals surface area contributed by atoms with Gasteiger partial charge in [-0.2, -0.15) is 0 Å². The first-order valence-corrected chi connectivity index (χ1v) is 6.02. The van der Waals surface area contributed by atoms with Crippen LogP contribution in [0, 0.1) is 0 Å². The molecule has 0 atom stereocenters. The van der Waals surface area contributed by atoms with Crippen LogP contribution in [0.1, 0.15) is 40.0 Å². The third kappa shape index (κ3) is 8.89. The first-order chi connectivity index (χ1) is 6.80. The quantitative estimate of drug-likeness (QED) is 0.732. The van der Waals surface area contributed by atoms with E-state index in [-0.39, 0.29) is 5.54 Å². The van der Waals surface area contributed by atoms with Crippen molar-refractivity contribution in [1.82, 2.24) is 0 Å². The van der Waals surface area contributed by atoms with Crippen molar-refractivity contribution in [2.75, 3.05) is 0 Å². The molecular formula is C7H18F2NO4P. The van der Waals surface area contributed by atoms with Crippen LogP contribution in [0.5, 0.6) is 0 Å². The predicted molar refractivity (Wildman–Crippen MR) is 52.0 cm³/mol. The van der Waals surface area contributed by atoms with Gasteiger partial charge in [0, 0.05) is 5.54 Å². The number of rotatable bonds is 5. The maximum absolute atomic E-state index is 10.4.